The standard InChI is InChI=1S/C17H34N2O2/c1-5-14(4)13-19(7-3)16-12-17(20-10-11-21-17)9-8-15(16)18-6-2/h14-16,18H,5-13H2,1-4H3. The Morgan fingerprint density at radius 2 is 1.95 bits per heavy atom. The highest BCUT2D eigenvalue weighted by atomic mass is 16.7. The highest BCUT2D eigenvalue weighted by molar-refractivity contribution is 4.96. The van der Waals surface area contributed by atoms with Crippen LogP contribution in [0.15, 0.2) is 0 Å². The number of nitrogens with one attached hydrogen (secondary N) is 1. The molecule has 1 N–H and O–H groups in total. The summed E-state index contributed by atoms with van der Waals surface area (Å²) in [6, 6.07) is 1.09. The van der Waals surface area contributed by atoms with E-state index in [0.717, 1.165) is 51.5 Å². The summed E-state index contributed by atoms with van der Waals surface area (Å²) >= 11 is 0. The molecule has 21 heavy (non-hydrogen) atoms. The zero-order valence-corrected chi connectivity index (χ0v) is 14.4. The van der Waals surface area contributed by atoms with E-state index in [1.807, 2.05) is 0 Å². The molecule has 0 amide bonds. The normalized spacial score (nSPS) is 30.1. The van der Waals surface area contributed by atoms with Crippen molar-refractivity contribution in [2.24, 2.45) is 5.92 Å². The topological polar surface area (TPSA) is 33.7 Å². The molecule has 3 unspecified atom stereocenters. The van der Waals surface area contributed by atoms with Crippen LogP contribution in [0.3, 0.4) is 0 Å². The molecule has 0 aromatic rings. The van der Waals surface area contributed by atoms with Crippen LogP contribution in [0.5, 0.6) is 0 Å². The van der Waals surface area contributed by atoms with Gasteiger partial charge in [-0.1, -0.05) is 34.1 Å². The highest BCUT2D eigenvalue weighted by Gasteiger charge is 2.46. The van der Waals surface area contributed by atoms with Crippen LogP contribution in [0.1, 0.15) is 53.4 Å². The van der Waals surface area contributed by atoms with Gasteiger partial charge in [0.25, 0.3) is 0 Å². The van der Waals surface area contributed by atoms with E-state index in [2.05, 4.69) is 37.9 Å². The first-order valence-electron chi connectivity index (χ1n) is 8.89. The average molecular weight is 298 g/mol. The fourth-order valence-electron chi connectivity index (χ4n) is 3.80. The van der Waals surface area contributed by atoms with Gasteiger partial charge in [-0.15, -0.1) is 0 Å². The predicted octanol–water partition coefficient (Wildman–Crippen LogP) is 2.63. The van der Waals surface area contributed by atoms with E-state index >= 15 is 0 Å². The minimum absolute atomic E-state index is 0.292. The molecular formula is C17H34N2O2. The summed E-state index contributed by atoms with van der Waals surface area (Å²) in [4.78, 5) is 2.65. The molecule has 2 rings (SSSR count). The predicted molar refractivity (Wildman–Crippen MR) is 86.4 cm³/mol. The molecule has 0 aromatic carbocycles. The van der Waals surface area contributed by atoms with E-state index in [0.29, 0.717) is 12.1 Å². The van der Waals surface area contributed by atoms with E-state index in [1.54, 1.807) is 0 Å². The second kappa shape index (κ2) is 7.91. The van der Waals surface area contributed by atoms with Gasteiger partial charge in [0.05, 0.1) is 13.2 Å². The smallest absolute Gasteiger partial charge is 0.170 e. The molecule has 124 valence electrons. The van der Waals surface area contributed by atoms with Crippen molar-refractivity contribution in [3.8, 4) is 0 Å². The number of nitrogens with zero attached hydrogens (tertiary/aromatic N) is 1. The van der Waals surface area contributed by atoms with E-state index in [1.165, 1.54) is 13.0 Å². The fourth-order valence-corrected chi connectivity index (χ4v) is 3.80. The molecule has 0 bridgehead atoms. The summed E-state index contributed by atoms with van der Waals surface area (Å²) in [6.07, 6.45) is 4.43. The summed E-state index contributed by atoms with van der Waals surface area (Å²) in [5, 5.41) is 3.69. The molecule has 1 aliphatic carbocycles. The van der Waals surface area contributed by atoms with Crippen molar-refractivity contribution in [2.45, 2.75) is 71.2 Å². The first kappa shape index (κ1) is 17.2. The lowest BCUT2D eigenvalue weighted by Gasteiger charge is -2.46. The van der Waals surface area contributed by atoms with E-state index in [4.69, 9.17) is 9.47 Å². The molecule has 1 spiro atoms. The summed E-state index contributed by atoms with van der Waals surface area (Å²) in [5.74, 6) is 0.454. The lowest BCUT2D eigenvalue weighted by atomic mass is 9.84. The van der Waals surface area contributed by atoms with Crippen LogP contribution in [0.2, 0.25) is 0 Å². The molecule has 4 heteroatoms. The Kier molecular flexibility index (Phi) is 6.48. The van der Waals surface area contributed by atoms with Gasteiger partial charge in [0, 0.05) is 31.5 Å². The number of likely N-dealkylation sites (N-methyl/N-ethyl adjacent to an activating group) is 2. The van der Waals surface area contributed by atoms with Crippen molar-refractivity contribution in [3.05, 3.63) is 0 Å². The zero-order valence-electron chi connectivity index (χ0n) is 14.4. The summed E-state index contributed by atoms with van der Waals surface area (Å²) in [7, 11) is 0. The number of rotatable bonds is 7. The number of hydrogen-bond donors (Lipinski definition) is 1. The average Bonchev–Trinajstić information content (AvgIpc) is 2.95. The van der Waals surface area contributed by atoms with Gasteiger partial charge in [0.15, 0.2) is 5.79 Å². The molecule has 1 saturated heterocycles. The molecule has 0 aromatic heterocycles. The first-order chi connectivity index (χ1) is 10.1. The Balaban J connectivity index is 2.07. The highest BCUT2D eigenvalue weighted by Crippen LogP contribution is 2.38. The van der Waals surface area contributed by atoms with Crippen LogP contribution in [0.25, 0.3) is 0 Å². The molecule has 2 fully saturated rings. The van der Waals surface area contributed by atoms with Crippen LogP contribution in [-0.2, 0) is 9.47 Å². The van der Waals surface area contributed by atoms with Gasteiger partial charge in [0.2, 0.25) is 0 Å². The van der Waals surface area contributed by atoms with Crippen LogP contribution in [0.4, 0.5) is 0 Å². The lowest BCUT2D eigenvalue weighted by molar-refractivity contribution is -0.193. The van der Waals surface area contributed by atoms with Crippen molar-refractivity contribution >= 4 is 0 Å². The Morgan fingerprint density at radius 3 is 2.52 bits per heavy atom. The maximum Gasteiger partial charge on any atom is 0.170 e. The van der Waals surface area contributed by atoms with Crippen LogP contribution >= 0.6 is 0 Å². The van der Waals surface area contributed by atoms with Crippen molar-refractivity contribution in [1.82, 2.24) is 10.2 Å². The SMILES string of the molecule is CCNC1CCC2(CC1N(CC)CC(C)CC)OCCO2. The Labute approximate surface area is 130 Å². The zero-order chi connectivity index (χ0) is 15.3. The quantitative estimate of drug-likeness (QED) is 0.783. The molecule has 4 nitrogen and oxygen atoms in total. The van der Waals surface area contributed by atoms with Gasteiger partial charge < -0.3 is 14.8 Å². The Bertz CT molecular complexity index is 305. The van der Waals surface area contributed by atoms with Gasteiger partial charge in [-0.3, -0.25) is 4.90 Å². The van der Waals surface area contributed by atoms with Crippen LogP contribution < -0.4 is 5.32 Å². The molecule has 2 aliphatic rings. The van der Waals surface area contributed by atoms with Crippen molar-refractivity contribution in [1.29, 1.82) is 0 Å². The molecule has 1 aliphatic heterocycles. The Morgan fingerprint density at radius 1 is 1.24 bits per heavy atom. The largest absolute Gasteiger partial charge is 0.347 e. The molecule has 3 atom stereocenters. The third-order valence-corrected chi connectivity index (χ3v) is 5.22. The summed E-state index contributed by atoms with van der Waals surface area (Å²) in [6.45, 7) is 14.0. The van der Waals surface area contributed by atoms with Crippen molar-refractivity contribution in [3.63, 3.8) is 0 Å². The second-order valence-corrected chi connectivity index (χ2v) is 6.68. The van der Waals surface area contributed by atoms with E-state index < -0.39 is 0 Å². The number of ether oxygens (including phenoxy) is 2. The molecule has 1 heterocycles. The summed E-state index contributed by atoms with van der Waals surface area (Å²) < 4.78 is 12.0. The third kappa shape index (κ3) is 4.19. The minimum atomic E-state index is -0.292. The summed E-state index contributed by atoms with van der Waals surface area (Å²) in [5.41, 5.74) is 0. The van der Waals surface area contributed by atoms with Gasteiger partial charge in [0.1, 0.15) is 0 Å². The van der Waals surface area contributed by atoms with Crippen molar-refractivity contribution in [2.75, 3.05) is 32.8 Å². The van der Waals surface area contributed by atoms with E-state index in [-0.39, 0.29) is 5.79 Å². The first-order valence-corrected chi connectivity index (χ1v) is 8.89. The molecule has 0 radical (unpaired) electrons. The second-order valence-electron chi connectivity index (χ2n) is 6.68. The monoisotopic (exact) mass is 298 g/mol. The maximum atomic E-state index is 5.99. The number of hydrogen-bond acceptors (Lipinski definition) is 4. The van der Waals surface area contributed by atoms with Crippen molar-refractivity contribution < 1.29 is 9.47 Å². The van der Waals surface area contributed by atoms with Crippen LogP contribution in [0, 0.1) is 5.92 Å². The van der Waals surface area contributed by atoms with Gasteiger partial charge in [-0.25, -0.2) is 0 Å². The molecule has 1 saturated carbocycles. The third-order valence-electron chi connectivity index (χ3n) is 5.22. The van der Waals surface area contributed by atoms with Crippen LogP contribution in [-0.4, -0.2) is 55.6 Å². The van der Waals surface area contributed by atoms with Gasteiger partial charge in [-0.2, -0.15) is 0 Å². The van der Waals surface area contributed by atoms with Gasteiger partial charge in [-0.05, 0) is 25.4 Å². The molecular weight excluding hydrogens is 264 g/mol. The minimum Gasteiger partial charge on any atom is -0.347 e. The fraction of sp³-hybridized carbons (Fsp3) is 1.00. The van der Waals surface area contributed by atoms with Gasteiger partial charge >= 0.3 is 0 Å². The maximum absolute atomic E-state index is 5.99. The van der Waals surface area contributed by atoms with E-state index in [9.17, 15) is 0 Å². The lowest BCUT2D eigenvalue weighted by Crippen LogP contribution is -2.58. The Hall–Kier alpha value is -0.160.